The number of para-hydroxylation sites is 2. The zero-order chi connectivity index (χ0) is 10.2. The van der Waals surface area contributed by atoms with Crippen LogP contribution < -0.4 is 0 Å². The molecule has 0 saturated carbocycles. The third kappa shape index (κ3) is 6.61. The second-order valence-corrected chi connectivity index (χ2v) is 2.67. The summed E-state index contributed by atoms with van der Waals surface area (Å²) in [5.74, 6) is 0.644. The molecule has 81 valence electrons. The largest absolute Gasteiger partial charge is 2.00 e. The number of phenols is 2. The molecule has 1 radical (unpaired) electrons. The van der Waals surface area contributed by atoms with E-state index >= 15 is 0 Å². The SMILES string of the molecule is Oc1ccccc1.Oc1ccccc1.[Cu+2]. The third-order valence-electron chi connectivity index (χ3n) is 1.51. The van der Waals surface area contributed by atoms with Crippen LogP contribution in [0.4, 0.5) is 0 Å². The van der Waals surface area contributed by atoms with Crippen LogP contribution in [0.5, 0.6) is 11.5 Å². The smallest absolute Gasteiger partial charge is 0.508 e. The average Bonchev–Trinajstić information content (AvgIpc) is 2.21. The Labute approximate surface area is 99.7 Å². The van der Waals surface area contributed by atoms with E-state index in [1.54, 1.807) is 48.5 Å². The maximum absolute atomic E-state index is 8.63. The Hall–Kier alpha value is -1.44. The predicted octanol–water partition coefficient (Wildman–Crippen LogP) is 2.78. The zero-order valence-corrected chi connectivity index (χ0v) is 8.91. The Bertz CT molecular complexity index is 311. The fraction of sp³-hybridized carbons (Fsp3) is 0. The van der Waals surface area contributed by atoms with E-state index in [4.69, 9.17) is 10.2 Å². The van der Waals surface area contributed by atoms with Crippen LogP contribution in [0.25, 0.3) is 0 Å². The molecule has 0 saturated heterocycles. The maximum atomic E-state index is 8.63. The first-order valence-corrected chi connectivity index (χ1v) is 4.27. The first-order chi connectivity index (χ1) is 6.79. The minimum absolute atomic E-state index is 0. The number of hydrogen-bond donors (Lipinski definition) is 2. The molecular weight excluding hydrogens is 240 g/mol. The summed E-state index contributed by atoms with van der Waals surface area (Å²) in [4.78, 5) is 0. The van der Waals surface area contributed by atoms with Gasteiger partial charge in [-0.25, -0.2) is 0 Å². The van der Waals surface area contributed by atoms with Crippen molar-refractivity contribution in [2.24, 2.45) is 0 Å². The summed E-state index contributed by atoms with van der Waals surface area (Å²) in [7, 11) is 0. The fourth-order valence-electron chi connectivity index (χ4n) is 0.856. The van der Waals surface area contributed by atoms with Crippen molar-refractivity contribution in [1.82, 2.24) is 0 Å². The van der Waals surface area contributed by atoms with Crippen LogP contribution >= 0.6 is 0 Å². The monoisotopic (exact) mass is 251 g/mol. The predicted molar refractivity (Wildman–Crippen MR) is 56.2 cm³/mol. The van der Waals surface area contributed by atoms with E-state index in [1.165, 1.54) is 0 Å². The summed E-state index contributed by atoms with van der Waals surface area (Å²) in [5, 5.41) is 17.3. The van der Waals surface area contributed by atoms with Gasteiger partial charge in [-0.2, -0.15) is 0 Å². The third-order valence-corrected chi connectivity index (χ3v) is 1.51. The molecular formula is C12H12CuO2+2. The molecule has 0 heterocycles. The number of aromatic hydroxyl groups is 2. The molecule has 0 amide bonds. The summed E-state index contributed by atoms with van der Waals surface area (Å²) in [5.41, 5.74) is 0. The Morgan fingerprint density at radius 3 is 0.933 bits per heavy atom. The normalized spacial score (nSPS) is 8.00. The van der Waals surface area contributed by atoms with Crippen molar-refractivity contribution in [2.75, 3.05) is 0 Å². The van der Waals surface area contributed by atoms with Crippen molar-refractivity contribution in [2.45, 2.75) is 0 Å². The van der Waals surface area contributed by atoms with Gasteiger partial charge in [-0.05, 0) is 24.3 Å². The first kappa shape index (κ1) is 13.6. The fourth-order valence-corrected chi connectivity index (χ4v) is 0.856. The second-order valence-electron chi connectivity index (χ2n) is 2.67. The molecule has 0 aliphatic rings. The Morgan fingerprint density at radius 1 is 0.533 bits per heavy atom. The van der Waals surface area contributed by atoms with E-state index in [1.807, 2.05) is 12.1 Å². The Morgan fingerprint density at radius 2 is 0.800 bits per heavy atom. The number of benzene rings is 2. The van der Waals surface area contributed by atoms with Gasteiger partial charge in [0.05, 0.1) is 0 Å². The van der Waals surface area contributed by atoms with Crippen molar-refractivity contribution in [3.63, 3.8) is 0 Å². The van der Waals surface area contributed by atoms with E-state index in [2.05, 4.69) is 0 Å². The van der Waals surface area contributed by atoms with Gasteiger partial charge in [0.2, 0.25) is 0 Å². The molecule has 0 unspecified atom stereocenters. The van der Waals surface area contributed by atoms with Gasteiger partial charge >= 0.3 is 17.1 Å². The Balaban J connectivity index is 0.000000245. The van der Waals surface area contributed by atoms with Gasteiger partial charge in [-0.3, -0.25) is 0 Å². The van der Waals surface area contributed by atoms with Crippen molar-refractivity contribution in [1.29, 1.82) is 0 Å². The Kier molecular flexibility index (Phi) is 7.16. The van der Waals surface area contributed by atoms with Crippen molar-refractivity contribution < 1.29 is 27.3 Å². The molecule has 0 aromatic heterocycles. The van der Waals surface area contributed by atoms with E-state index in [0.717, 1.165) is 0 Å². The van der Waals surface area contributed by atoms with Gasteiger partial charge in [0.15, 0.2) is 0 Å². The minimum Gasteiger partial charge on any atom is -0.508 e. The standard InChI is InChI=1S/2C6H6O.Cu/c2*7-6-4-2-1-3-5-6;/h2*1-5,7H;/q;;+2. The van der Waals surface area contributed by atoms with Gasteiger partial charge in [-0.15, -0.1) is 0 Å². The number of hydrogen-bond acceptors (Lipinski definition) is 2. The summed E-state index contributed by atoms with van der Waals surface area (Å²) >= 11 is 0. The zero-order valence-electron chi connectivity index (χ0n) is 7.97. The van der Waals surface area contributed by atoms with Gasteiger partial charge < -0.3 is 10.2 Å². The molecule has 0 aliphatic heterocycles. The molecule has 15 heavy (non-hydrogen) atoms. The van der Waals surface area contributed by atoms with E-state index < -0.39 is 0 Å². The van der Waals surface area contributed by atoms with Gasteiger partial charge in [-0.1, -0.05) is 36.4 Å². The molecule has 2 aromatic carbocycles. The van der Waals surface area contributed by atoms with Crippen LogP contribution in [-0.4, -0.2) is 10.2 Å². The van der Waals surface area contributed by atoms with Crippen LogP contribution in [0.15, 0.2) is 60.7 Å². The molecule has 2 rings (SSSR count). The van der Waals surface area contributed by atoms with Crippen molar-refractivity contribution in [3.05, 3.63) is 60.7 Å². The van der Waals surface area contributed by atoms with Crippen LogP contribution in [0, 0.1) is 0 Å². The molecule has 3 heteroatoms. The summed E-state index contributed by atoms with van der Waals surface area (Å²) in [6.45, 7) is 0. The average molecular weight is 252 g/mol. The molecule has 0 fully saturated rings. The summed E-state index contributed by atoms with van der Waals surface area (Å²) in [6, 6.07) is 17.4. The quantitative estimate of drug-likeness (QED) is 0.707. The minimum atomic E-state index is 0. The number of phenolic OH excluding ortho intramolecular Hbond substituents is 2. The van der Waals surface area contributed by atoms with Crippen LogP contribution in [0.3, 0.4) is 0 Å². The molecule has 2 aromatic rings. The molecule has 0 atom stereocenters. The summed E-state index contributed by atoms with van der Waals surface area (Å²) < 4.78 is 0. The molecule has 2 N–H and O–H groups in total. The van der Waals surface area contributed by atoms with Gasteiger partial charge in [0, 0.05) is 0 Å². The van der Waals surface area contributed by atoms with Gasteiger partial charge in [0.25, 0.3) is 0 Å². The van der Waals surface area contributed by atoms with Crippen LogP contribution in [0.1, 0.15) is 0 Å². The van der Waals surface area contributed by atoms with Crippen molar-refractivity contribution in [3.8, 4) is 11.5 Å². The molecule has 2 nitrogen and oxygen atoms in total. The summed E-state index contributed by atoms with van der Waals surface area (Å²) in [6.07, 6.45) is 0. The second kappa shape index (κ2) is 7.92. The first-order valence-electron chi connectivity index (χ1n) is 4.27. The maximum Gasteiger partial charge on any atom is 2.00 e. The van der Waals surface area contributed by atoms with Gasteiger partial charge in [0.1, 0.15) is 11.5 Å². The molecule has 0 spiro atoms. The topological polar surface area (TPSA) is 40.5 Å². The number of rotatable bonds is 0. The van der Waals surface area contributed by atoms with E-state index in [9.17, 15) is 0 Å². The molecule has 0 bridgehead atoms. The van der Waals surface area contributed by atoms with E-state index in [0.29, 0.717) is 11.5 Å². The van der Waals surface area contributed by atoms with Crippen LogP contribution in [0.2, 0.25) is 0 Å². The van der Waals surface area contributed by atoms with E-state index in [-0.39, 0.29) is 17.1 Å². The van der Waals surface area contributed by atoms with Crippen molar-refractivity contribution >= 4 is 0 Å². The molecule has 0 aliphatic carbocycles. The van der Waals surface area contributed by atoms with Crippen LogP contribution in [-0.2, 0) is 17.1 Å².